The highest BCUT2D eigenvalue weighted by Crippen LogP contribution is 2.23. The fraction of sp³-hybridized carbons (Fsp3) is 0.200. The number of hydrogen-bond donors (Lipinski definition) is 1. The quantitative estimate of drug-likeness (QED) is 0.812. The molecule has 0 aliphatic rings. The van der Waals surface area contributed by atoms with Crippen LogP contribution in [-0.2, 0) is 16.3 Å². The molecule has 2 rings (SSSR count). The van der Waals surface area contributed by atoms with Gasteiger partial charge in [-0.1, -0.05) is 23.2 Å². The van der Waals surface area contributed by atoms with E-state index in [-0.39, 0.29) is 10.6 Å². The van der Waals surface area contributed by atoms with Crippen LogP contribution in [0.2, 0.25) is 10.0 Å². The summed E-state index contributed by atoms with van der Waals surface area (Å²) in [5.41, 5.74) is 1.15. The molecular formula is C15H14Cl2FNO2S. The van der Waals surface area contributed by atoms with E-state index in [0.717, 1.165) is 17.9 Å². The van der Waals surface area contributed by atoms with Gasteiger partial charge in [0.1, 0.15) is 5.82 Å². The van der Waals surface area contributed by atoms with Gasteiger partial charge in [-0.15, -0.1) is 0 Å². The van der Waals surface area contributed by atoms with Crippen molar-refractivity contribution in [2.45, 2.75) is 11.3 Å². The van der Waals surface area contributed by atoms with Crippen LogP contribution in [0.3, 0.4) is 0 Å². The zero-order valence-electron chi connectivity index (χ0n) is 11.7. The van der Waals surface area contributed by atoms with Crippen molar-refractivity contribution < 1.29 is 12.8 Å². The van der Waals surface area contributed by atoms with Crippen molar-refractivity contribution in [1.29, 1.82) is 0 Å². The van der Waals surface area contributed by atoms with Crippen LogP contribution in [0.1, 0.15) is 5.56 Å². The van der Waals surface area contributed by atoms with Crippen LogP contribution >= 0.6 is 23.2 Å². The van der Waals surface area contributed by atoms with Gasteiger partial charge in [-0.2, -0.15) is 0 Å². The summed E-state index contributed by atoms with van der Waals surface area (Å²) in [6, 6.07) is 8.73. The Balaban J connectivity index is 2.13. The lowest BCUT2D eigenvalue weighted by Gasteiger charge is -2.11. The van der Waals surface area contributed by atoms with Gasteiger partial charge in [0.05, 0.1) is 10.6 Å². The fourth-order valence-corrected chi connectivity index (χ4v) is 3.48. The van der Waals surface area contributed by atoms with Crippen LogP contribution < -0.4 is 5.32 Å². The van der Waals surface area contributed by atoms with E-state index >= 15 is 0 Å². The topological polar surface area (TPSA) is 46.2 Å². The number of benzene rings is 2. The van der Waals surface area contributed by atoms with Crippen LogP contribution in [0.25, 0.3) is 0 Å². The zero-order valence-corrected chi connectivity index (χ0v) is 14.1. The van der Waals surface area contributed by atoms with Crippen molar-refractivity contribution in [1.82, 2.24) is 0 Å². The number of halogens is 3. The third-order valence-electron chi connectivity index (χ3n) is 2.99. The lowest BCUT2D eigenvalue weighted by atomic mass is 10.1. The molecule has 0 aromatic heterocycles. The molecule has 0 aliphatic carbocycles. The molecule has 2 aromatic carbocycles. The first-order chi connectivity index (χ1) is 10.3. The summed E-state index contributed by atoms with van der Waals surface area (Å²) in [4.78, 5) is 0.0676. The Morgan fingerprint density at radius 3 is 2.32 bits per heavy atom. The van der Waals surface area contributed by atoms with Gasteiger partial charge in [0.15, 0.2) is 9.84 Å². The van der Waals surface area contributed by atoms with E-state index in [1.165, 1.54) is 12.1 Å². The van der Waals surface area contributed by atoms with E-state index in [9.17, 15) is 12.8 Å². The lowest BCUT2D eigenvalue weighted by molar-refractivity contribution is 0.600. The monoisotopic (exact) mass is 361 g/mol. The molecule has 0 unspecified atom stereocenters. The molecular weight excluding hydrogens is 348 g/mol. The Labute approximate surface area is 139 Å². The summed E-state index contributed by atoms with van der Waals surface area (Å²) in [5, 5.41) is 4.01. The highest BCUT2D eigenvalue weighted by atomic mass is 35.5. The maximum atomic E-state index is 13.3. The average Bonchev–Trinajstić information content (AvgIpc) is 2.36. The van der Waals surface area contributed by atoms with Crippen molar-refractivity contribution in [3.05, 3.63) is 57.8 Å². The molecule has 0 atom stereocenters. The predicted molar refractivity (Wildman–Crippen MR) is 88.2 cm³/mol. The van der Waals surface area contributed by atoms with Gasteiger partial charge in [0, 0.05) is 22.8 Å². The highest BCUT2D eigenvalue weighted by Gasteiger charge is 2.13. The SMILES string of the molecule is CS(=O)(=O)c1ccc(F)cc1NCCc1cc(Cl)cc(Cl)c1. The molecule has 0 heterocycles. The minimum Gasteiger partial charge on any atom is -0.384 e. The first-order valence-electron chi connectivity index (χ1n) is 6.44. The molecule has 0 spiro atoms. The Morgan fingerprint density at radius 1 is 1.09 bits per heavy atom. The van der Waals surface area contributed by atoms with Gasteiger partial charge >= 0.3 is 0 Å². The van der Waals surface area contributed by atoms with E-state index in [1.807, 2.05) is 0 Å². The molecule has 0 bridgehead atoms. The third kappa shape index (κ3) is 4.60. The normalized spacial score (nSPS) is 11.5. The summed E-state index contributed by atoms with van der Waals surface area (Å²) in [7, 11) is -3.43. The Bertz CT molecular complexity index is 774. The number of anilines is 1. The van der Waals surface area contributed by atoms with E-state index in [0.29, 0.717) is 23.0 Å². The number of rotatable bonds is 5. The molecule has 0 saturated heterocycles. The molecule has 0 fully saturated rings. The summed E-state index contributed by atoms with van der Waals surface area (Å²) in [6.45, 7) is 0.419. The number of sulfone groups is 1. The second kappa shape index (κ2) is 6.86. The molecule has 2 aromatic rings. The minimum atomic E-state index is -3.43. The van der Waals surface area contributed by atoms with Gasteiger partial charge < -0.3 is 5.32 Å². The first-order valence-corrected chi connectivity index (χ1v) is 9.09. The standard InChI is InChI=1S/C15H14Cl2FNO2S/c1-22(20,21)15-3-2-13(18)9-14(15)19-5-4-10-6-11(16)8-12(17)7-10/h2-3,6-9,19H,4-5H2,1H3. The lowest BCUT2D eigenvalue weighted by Crippen LogP contribution is -2.09. The Hall–Kier alpha value is -1.30. The molecule has 0 radical (unpaired) electrons. The fourth-order valence-electron chi connectivity index (χ4n) is 2.06. The van der Waals surface area contributed by atoms with Gasteiger partial charge in [-0.3, -0.25) is 0 Å². The van der Waals surface area contributed by atoms with Gasteiger partial charge in [0.2, 0.25) is 0 Å². The van der Waals surface area contributed by atoms with Crippen molar-refractivity contribution >= 4 is 38.7 Å². The molecule has 1 N–H and O–H groups in total. The summed E-state index contributed by atoms with van der Waals surface area (Å²) in [5.74, 6) is -0.499. The van der Waals surface area contributed by atoms with Gasteiger partial charge in [-0.05, 0) is 48.4 Å². The minimum absolute atomic E-state index is 0.0676. The van der Waals surface area contributed by atoms with Crippen LogP contribution in [0, 0.1) is 5.82 Å². The van der Waals surface area contributed by atoms with Crippen LogP contribution in [0.15, 0.2) is 41.3 Å². The summed E-state index contributed by atoms with van der Waals surface area (Å²) in [6.07, 6.45) is 1.65. The largest absolute Gasteiger partial charge is 0.384 e. The highest BCUT2D eigenvalue weighted by molar-refractivity contribution is 7.90. The van der Waals surface area contributed by atoms with Crippen molar-refractivity contribution in [2.24, 2.45) is 0 Å². The molecule has 3 nitrogen and oxygen atoms in total. The average molecular weight is 362 g/mol. The van der Waals surface area contributed by atoms with Crippen LogP contribution in [-0.4, -0.2) is 21.2 Å². The van der Waals surface area contributed by atoms with Crippen LogP contribution in [0.4, 0.5) is 10.1 Å². The van der Waals surface area contributed by atoms with Crippen LogP contribution in [0.5, 0.6) is 0 Å². The molecule has 22 heavy (non-hydrogen) atoms. The second-order valence-electron chi connectivity index (χ2n) is 4.87. The summed E-state index contributed by atoms with van der Waals surface area (Å²) < 4.78 is 36.7. The summed E-state index contributed by atoms with van der Waals surface area (Å²) >= 11 is 11.8. The Morgan fingerprint density at radius 2 is 1.73 bits per heavy atom. The van der Waals surface area contributed by atoms with Gasteiger partial charge in [0.25, 0.3) is 0 Å². The Kier molecular flexibility index (Phi) is 5.32. The molecule has 7 heteroatoms. The maximum absolute atomic E-state index is 13.3. The molecule has 0 saturated carbocycles. The number of hydrogen-bond acceptors (Lipinski definition) is 3. The number of nitrogens with one attached hydrogen (secondary N) is 1. The van der Waals surface area contributed by atoms with E-state index in [1.54, 1.807) is 18.2 Å². The third-order valence-corrected chi connectivity index (χ3v) is 4.58. The van der Waals surface area contributed by atoms with Crippen molar-refractivity contribution in [3.63, 3.8) is 0 Å². The first kappa shape index (κ1) is 17.1. The van der Waals surface area contributed by atoms with Crippen molar-refractivity contribution in [3.8, 4) is 0 Å². The maximum Gasteiger partial charge on any atom is 0.177 e. The molecule has 0 aliphatic heterocycles. The van der Waals surface area contributed by atoms with Crippen molar-refractivity contribution in [2.75, 3.05) is 18.1 Å². The smallest absolute Gasteiger partial charge is 0.177 e. The molecule has 0 amide bonds. The second-order valence-corrected chi connectivity index (χ2v) is 7.72. The van der Waals surface area contributed by atoms with E-state index in [4.69, 9.17) is 23.2 Å². The molecule has 118 valence electrons. The van der Waals surface area contributed by atoms with E-state index in [2.05, 4.69) is 5.32 Å². The van der Waals surface area contributed by atoms with Gasteiger partial charge in [-0.25, -0.2) is 12.8 Å². The predicted octanol–water partition coefficient (Wildman–Crippen LogP) is 4.19. The zero-order chi connectivity index (χ0) is 16.3. The van der Waals surface area contributed by atoms with E-state index < -0.39 is 15.7 Å².